The number of anilines is 1. The van der Waals surface area contributed by atoms with Gasteiger partial charge in [0.25, 0.3) is 0 Å². The molecular weight excluding hydrogens is 304 g/mol. The van der Waals surface area contributed by atoms with E-state index in [9.17, 15) is 9.90 Å². The average molecular weight is 317 g/mol. The Labute approximate surface area is 131 Å². The van der Waals surface area contributed by atoms with Crippen LogP contribution in [0, 0.1) is 0 Å². The molecule has 112 valence electrons. The third-order valence-electron chi connectivity index (χ3n) is 3.20. The highest BCUT2D eigenvalue weighted by molar-refractivity contribution is 6.19. The Morgan fingerprint density at radius 3 is 2.77 bits per heavy atom. The number of amides is 1. The quantitative estimate of drug-likeness (QED) is 0.645. The molecule has 3 aromatic rings. The summed E-state index contributed by atoms with van der Waals surface area (Å²) in [4.78, 5) is 15.9. The van der Waals surface area contributed by atoms with E-state index in [1.54, 1.807) is 30.5 Å². The highest BCUT2D eigenvalue weighted by atomic mass is 35.5. The molecule has 0 atom stereocenters. The topological polar surface area (TPSA) is 90.9 Å². The lowest BCUT2D eigenvalue weighted by Crippen LogP contribution is -2.12. The number of aromatic amines is 1. The van der Waals surface area contributed by atoms with Crippen molar-refractivity contribution in [3.63, 3.8) is 0 Å². The Morgan fingerprint density at radius 2 is 2.05 bits per heavy atom. The van der Waals surface area contributed by atoms with Crippen molar-refractivity contribution < 1.29 is 9.90 Å². The number of H-pyrrole nitrogens is 1. The van der Waals surface area contributed by atoms with Gasteiger partial charge in [0.15, 0.2) is 5.65 Å². The van der Waals surface area contributed by atoms with Crippen molar-refractivity contribution in [1.29, 1.82) is 0 Å². The van der Waals surface area contributed by atoms with Crippen LogP contribution < -0.4 is 5.32 Å². The molecule has 0 radical (unpaired) electrons. The van der Waals surface area contributed by atoms with Gasteiger partial charge in [0.2, 0.25) is 5.91 Å². The smallest absolute Gasteiger partial charge is 0.226 e. The van der Waals surface area contributed by atoms with Crippen LogP contribution in [0.1, 0.15) is 6.42 Å². The number of rotatable bonds is 4. The summed E-state index contributed by atoms with van der Waals surface area (Å²) in [7, 11) is 0. The monoisotopic (exact) mass is 316 g/mol. The van der Waals surface area contributed by atoms with Gasteiger partial charge in [-0.05, 0) is 23.8 Å². The molecule has 0 aliphatic rings. The molecule has 0 spiro atoms. The van der Waals surface area contributed by atoms with Gasteiger partial charge in [-0.2, -0.15) is 5.10 Å². The van der Waals surface area contributed by atoms with Gasteiger partial charge in [-0.1, -0.05) is 12.1 Å². The number of phenols is 1. The Morgan fingerprint density at radius 1 is 1.27 bits per heavy atom. The van der Waals surface area contributed by atoms with Gasteiger partial charge < -0.3 is 10.4 Å². The van der Waals surface area contributed by atoms with E-state index in [1.807, 2.05) is 6.07 Å². The maximum Gasteiger partial charge on any atom is 0.226 e. The summed E-state index contributed by atoms with van der Waals surface area (Å²) in [6.07, 6.45) is 1.92. The van der Waals surface area contributed by atoms with Crippen LogP contribution >= 0.6 is 11.6 Å². The fourth-order valence-corrected chi connectivity index (χ4v) is 2.27. The second-order valence-corrected chi connectivity index (χ2v) is 5.11. The molecule has 0 saturated carbocycles. The van der Waals surface area contributed by atoms with Gasteiger partial charge >= 0.3 is 0 Å². The van der Waals surface area contributed by atoms with Gasteiger partial charge in [0, 0.05) is 24.1 Å². The molecule has 3 rings (SSSR count). The van der Waals surface area contributed by atoms with Gasteiger partial charge in [0.1, 0.15) is 11.6 Å². The zero-order valence-electron chi connectivity index (χ0n) is 11.5. The standard InChI is InChI=1S/C15H13ClN4O2/c16-6-5-13(22)18-15-12-7-10(8-17-14(12)19-20-15)9-1-3-11(21)4-2-9/h1-4,7-8,21H,5-6H2,(H2,17,18,19,20,22). The van der Waals surface area contributed by atoms with Crippen molar-refractivity contribution in [1.82, 2.24) is 15.2 Å². The number of benzene rings is 1. The first kappa shape index (κ1) is 14.3. The number of nitrogens with zero attached hydrogens (tertiary/aromatic N) is 2. The van der Waals surface area contributed by atoms with E-state index >= 15 is 0 Å². The molecule has 0 saturated heterocycles. The largest absolute Gasteiger partial charge is 0.508 e. The predicted octanol–water partition coefficient (Wildman–Crippen LogP) is 2.90. The number of carbonyl (C=O) groups is 1. The first-order chi connectivity index (χ1) is 10.7. The van der Waals surface area contributed by atoms with Crippen molar-refractivity contribution in [2.24, 2.45) is 0 Å². The van der Waals surface area contributed by atoms with Crippen LogP contribution in [0.15, 0.2) is 36.5 Å². The Balaban J connectivity index is 1.97. The van der Waals surface area contributed by atoms with Crippen LogP contribution in [0.25, 0.3) is 22.2 Å². The van der Waals surface area contributed by atoms with Gasteiger partial charge in [-0.3, -0.25) is 9.89 Å². The number of carbonyl (C=O) groups excluding carboxylic acids is 1. The van der Waals surface area contributed by atoms with E-state index in [4.69, 9.17) is 11.6 Å². The van der Waals surface area contributed by atoms with Crippen LogP contribution in [0.3, 0.4) is 0 Å². The number of hydrogen-bond donors (Lipinski definition) is 3. The molecule has 0 aliphatic carbocycles. The second-order valence-electron chi connectivity index (χ2n) is 4.73. The van der Waals surface area contributed by atoms with Crippen molar-refractivity contribution in [2.45, 2.75) is 6.42 Å². The van der Waals surface area contributed by atoms with E-state index in [0.29, 0.717) is 16.9 Å². The Hall–Kier alpha value is -2.60. The molecule has 0 bridgehead atoms. The molecule has 0 unspecified atom stereocenters. The number of halogens is 1. The average Bonchev–Trinajstić information content (AvgIpc) is 2.90. The second kappa shape index (κ2) is 6.03. The molecule has 1 amide bonds. The minimum Gasteiger partial charge on any atom is -0.508 e. The minimum absolute atomic E-state index is 0.185. The molecule has 7 heteroatoms. The van der Waals surface area contributed by atoms with Gasteiger partial charge in [-0.15, -0.1) is 11.6 Å². The number of alkyl halides is 1. The molecular formula is C15H13ClN4O2. The molecule has 0 fully saturated rings. The third kappa shape index (κ3) is 2.87. The van der Waals surface area contributed by atoms with Gasteiger partial charge in [-0.25, -0.2) is 4.98 Å². The van der Waals surface area contributed by atoms with E-state index in [0.717, 1.165) is 11.1 Å². The highest BCUT2D eigenvalue weighted by Crippen LogP contribution is 2.27. The number of hydrogen-bond acceptors (Lipinski definition) is 4. The van der Waals surface area contributed by atoms with Crippen LogP contribution in [-0.4, -0.2) is 32.1 Å². The molecule has 3 N–H and O–H groups in total. The SMILES string of the molecule is O=C(CCCl)Nc1[nH]nc2ncc(-c3ccc(O)cc3)cc12. The van der Waals surface area contributed by atoms with Crippen molar-refractivity contribution in [3.8, 4) is 16.9 Å². The maximum atomic E-state index is 11.7. The fourth-order valence-electron chi connectivity index (χ4n) is 2.09. The van der Waals surface area contributed by atoms with E-state index in [-0.39, 0.29) is 24.0 Å². The van der Waals surface area contributed by atoms with E-state index < -0.39 is 0 Å². The molecule has 1 aromatic carbocycles. The lowest BCUT2D eigenvalue weighted by molar-refractivity contribution is -0.115. The number of aromatic nitrogens is 3. The molecule has 6 nitrogen and oxygen atoms in total. The maximum absolute atomic E-state index is 11.7. The molecule has 22 heavy (non-hydrogen) atoms. The number of pyridine rings is 1. The summed E-state index contributed by atoms with van der Waals surface area (Å²) in [5.41, 5.74) is 2.29. The zero-order chi connectivity index (χ0) is 15.5. The molecule has 2 heterocycles. The summed E-state index contributed by atoms with van der Waals surface area (Å²) in [5, 5.41) is 19.6. The molecule has 0 aliphatic heterocycles. The fraction of sp³-hybridized carbons (Fsp3) is 0.133. The van der Waals surface area contributed by atoms with Crippen LogP contribution in [0.5, 0.6) is 5.75 Å². The lowest BCUT2D eigenvalue weighted by Gasteiger charge is -2.04. The summed E-state index contributed by atoms with van der Waals surface area (Å²) >= 11 is 5.55. The van der Waals surface area contributed by atoms with Crippen LogP contribution in [-0.2, 0) is 4.79 Å². The number of aromatic hydroxyl groups is 1. The lowest BCUT2D eigenvalue weighted by atomic mass is 10.1. The zero-order valence-corrected chi connectivity index (χ0v) is 12.3. The first-order valence-corrected chi connectivity index (χ1v) is 7.20. The third-order valence-corrected chi connectivity index (χ3v) is 3.39. The Bertz CT molecular complexity index is 814. The van der Waals surface area contributed by atoms with E-state index in [2.05, 4.69) is 20.5 Å². The van der Waals surface area contributed by atoms with Crippen molar-refractivity contribution in [2.75, 3.05) is 11.2 Å². The number of nitrogens with one attached hydrogen (secondary N) is 2. The summed E-state index contributed by atoms with van der Waals surface area (Å²) < 4.78 is 0. The normalized spacial score (nSPS) is 10.8. The highest BCUT2D eigenvalue weighted by Gasteiger charge is 2.11. The first-order valence-electron chi connectivity index (χ1n) is 6.66. The summed E-state index contributed by atoms with van der Waals surface area (Å²) in [6, 6.07) is 8.69. The summed E-state index contributed by atoms with van der Waals surface area (Å²) in [6.45, 7) is 0. The van der Waals surface area contributed by atoms with Crippen molar-refractivity contribution >= 4 is 34.4 Å². The van der Waals surface area contributed by atoms with E-state index in [1.165, 1.54) is 0 Å². The van der Waals surface area contributed by atoms with Gasteiger partial charge in [0.05, 0.1) is 5.39 Å². The van der Waals surface area contributed by atoms with Crippen molar-refractivity contribution in [3.05, 3.63) is 36.5 Å². The number of phenolic OH excluding ortho intramolecular Hbond substituents is 1. The van der Waals surface area contributed by atoms with Crippen LogP contribution in [0.4, 0.5) is 5.82 Å². The predicted molar refractivity (Wildman–Crippen MR) is 85.0 cm³/mol. The minimum atomic E-state index is -0.185. The Kier molecular flexibility index (Phi) is 3.93. The number of fused-ring (bicyclic) bond motifs is 1. The van der Waals surface area contributed by atoms with Crippen LogP contribution in [0.2, 0.25) is 0 Å². The molecule has 2 aromatic heterocycles. The summed E-state index contributed by atoms with van der Waals surface area (Å²) in [5.74, 6) is 0.776.